The Balaban J connectivity index is 0.00000280. The van der Waals surface area contributed by atoms with Crippen LogP contribution < -0.4 is 15.2 Å². The van der Waals surface area contributed by atoms with Crippen LogP contribution in [-0.4, -0.2) is 50.8 Å². The van der Waals surface area contributed by atoms with Gasteiger partial charge in [0.2, 0.25) is 5.91 Å². The number of nitrogens with zero attached hydrogens (tertiary/aromatic N) is 1. The van der Waals surface area contributed by atoms with Crippen molar-refractivity contribution in [2.24, 2.45) is 11.1 Å². The summed E-state index contributed by atoms with van der Waals surface area (Å²) >= 11 is 0. The number of hydrogen-bond donors (Lipinski definition) is 1. The summed E-state index contributed by atoms with van der Waals surface area (Å²) in [6.07, 6.45) is 2.38. The van der Waals surface area contributed by atoms with E-state index in [0.717, 1.165) is 30.8 Å². The van der Waals surface area contributed by atoms with E-state index >= 15 is 0 Å². The molecule has 1 fully saturated rings. The van der Waals surface area contributed by atoms with E-state index in [4.69, 9.17) is 19.9 Å². The minimum Gasteiger partial charge on any atom is -0.493 e. The molecule has 6 nitrogen and oxygen atoms in total. The molecular formula is C21H33ClN2O4. The van der Waals surface area contributed by atoms with Gasteiger partial charge in [0, 0.05) is 13.1 Å². The van der Waals surface area contributed by atoms with Gasteiger partial charge in [-0.25, -0.2) is 0 Å². The SMILES string of the molecule is COc1cc2c(cc1OC)C1(CCN(C(=O)[C@@H](N)C(C)(C)C)CC1)OCC2.Cl. The molecule has 1 aromatic rings. The van der Waals surface area contributed by atoms with Crippen LogP contribution in [0.5, 0.6) is 11.5 Å². The Bertz CT molecular complexity index is 709. The summed E-state index contributed by atoms with van der Waals surface area (Å²) in [5.41, 5.74) is 7.98. The highest BCUT2D eigenvalue weighted by Gasteiger charge is 2.43. The zero-order valence-corrected chi connectivity index (χ0v) is 18.4. The van der Waals surface area contributed by atoms with Crippen LogP contribution in [-0.2, 0) is 21.6 Å². The third-order valence-electron chi connectivity index (χ3n) is 5.93. The molecule has 2 aliphatic rings. The van der Waals surface area contributed by atoms with Crippen molar-refractivity contribution in [1.82, 2.24) is 4.90 Å². The second kappa shape index (κ2) is 8.47. The average Bonchev–Trinajstić information content (AvgIpc) is 2.66. The average molecular weight is 413 g/mol. The number of fused-ring (bicyclic) bond motifs is 2. The third-order valence-corrected chi connectivity index (χ3v) is 5.93. The Morgan fingerprint density at radius 2 is 1.75 bits per heavy atom. The predicted molar refractivity (Wildman–Crippen MR) is 111 cm³/mol. The molecule has 0 aromatic heterocycles. The fourth-order valence-corrected chi connectivity index (χ4v) is 4.06. The number of amides is 1. The van der Waals surface area contributed by atoms with E-state index in [1.165, 1.54) is 11.1 Å². The molecule has 1 spiro atoms. The molecule has 0 bridgehead atoms. The Morgan fingerprint density at radius 3 is 2.29 bits per heavy atom. The first kappa shape index (κ1) is 22.8. The number of methoxy groups -OCH3 is 2. The van der Waals surface area contributed by atoms with Crippen molar-refractivity contribution in [2.75, 3.05) is 33.9 Å². The van der Waals surface area contributed by atoms with E-state index < -0.39 is 6.04 Å². The van der Waals surface area contributed by atoms with Crippen molar-refractivity contribution < 1.29 is 19.0 Å². The minimum absolute atomic E-state index is 0. The lowest BCUT2D eigenvalue weighted by Crippen LogP contribution is -2.55. The summed E-state index contributed by atoms with van der Waals surface area (Å²) in [4.78, 5) is 14.7. The normalized spacial score (nSPS) is 19.4. The van der Waals surface area contributed by atoms with Gasteiger partial charge in [-0.2, -0.15) is 0 Å². The van der Waals surface area contributed by atoms with E-state index in [1.807, 2.05) is 31.7 Å². The fraction of sp³-hybridized carbons (Fsp3) is 0.667. The monoisotopic (exact) mass is 412 g/mol. The number of piperidine rings is 1. The zero-order valence-electron chi connectivity index (χ0n) is 17.5. The second-order valence-corrected chi connectivity index (χ2v) is 8.63. The standard InChI is InChI=1S/C21H32N2O4.ClH/c1-20(2,3)18(22)19(24)23-9-7-21(8-10-23)15-13-17(26-5)16(25-4)12-14(15)6-11-27-21;/h12-13,18H,6-11,22H2,1-5H3;1H/t18-;/m1./s1. The number of halogens is 1. The summed E-state index contributed by atoms with van der Waals surface area (Å²) in [5.74, 6) is 1.49. The van der Waals surface area contributed by atoms with Crippen LogP contribution >= 0.6 is 12.4 Å². The van der Waals surface area contributed by atoms with Crippen LogP contribution in [0.1, 0.15) is 44.7 Å². The molecule has 28 heavy (non-hydrogen) atoms. The molecule has 1 atom stereocenters. The molecule has 1 aromatic carbocycles. The first-order valence-electron chi connectivity index (χ1n) is 9.65. The molecule has 2 heterocycles. The van der Waals surface area contributed by atoms with Gasteiger partial charge in [0.15, 0.2) is 11.5 Å². The van der Waals surface area contributed by atoms with Gasteiger partial charge in [0.1, 0.15) is 0 Å². The molecule has 158 valence electrons. The van der Waals surface area contributed by atoms with Crippen LogP contribution in [0.25, 0.3) is 0 Å². The summed E-state index contributed by atoms with van der Waals surface area (Å²) in [6.45, 7) is 7.98. The van der Waals surface area contributed by atoms with Crippen LogP contribution in [0.15, 0.2) is 12.1 Å². The van der Waals surface area contributed by atoms with Gasteiger partial charge in [-0.05, 0) is 47.9 Å². The number of ether oxygens (including phenoxy) is 3. The lowest BCUT2D eigenvalue weighted by Gasteiger charge is -2.46. The molecule has 0 unspecified atom stereocenters. The largest absolute Gasteiger partial charge is 0.493 e. The van der Waals surface area contributed by atoms with Crippen LogP contribution in [0.4, 0.5) is 0 Å². The maximum Gasteiger partial charge on any atom is 0.240 e. The van der Waals surface area contributed by atoms with Crippen molar-refractivity contribution in [3.05, 3.63) is 23.3 Å². The number of benzene rings is 1. The van der Waals surface area contributed by atoms with Gasteiger partial charge in [-0.1, -0.05) is 20.8 Å². The Labute approximate surface area is 174 Å². The van der Waals surface area contributed by atoms with Crippen molar-refractivity contribution in [2.45, 2.75) is 51.7 Å². The van der Waals surface area contributed by atoms with Gasteiger partial charge in [0.25, 0.3) is 0 Å². The quantitative estimate of drug-likeness (QED) is 0.826. The van der Waals surface area contributed by atoms with Crippen molar-refractivity contribution in [1.29, 1.82) is 0 Å². The highest BCUT2D eigenvalue weighted by Crippen LogP contribution is 2.45. The molecule has 2 aliphatic heterocycles. The van der Waals surface area contributed by atoms with Gasteiger partial charge >= 0.3 is 0 Å². The number of rotatable bonds is 3. The molecule has 1 amide bonds. The van der Waals surface area contributed by atoms with Crippen molar-refractivity contribution in [3.8, 4) is 11.5 Å². The number of likely N-dealkylation sites (tertiary alicyclic amines) is 1. The highest BCUT2D eigenvalue weighted by atomic mass is 35.5. The number of nitrogens with two attached hydrogens (primary N) is 1. The topological polar surface area (TPSA) is 74.0 Å². The lowest BCUT2D eigenvalue weighted by atomic mass is 9.78. The van der Waals surface area contributed by atoms with Crippen LogP contribution in [0.2, 0.25) is 0 Å². The molecule has 7 heteroatoms. The smallest absolute Gasteiger partial charge is 0.240 e. The Hall–Kier alpha value is -1.50. The maximum atomic E-state index is 12.8. The summed E-state index contributed by atoms with van der Waals surface area (Å²) in [7, 11) is 3.30. The summed E-state index contributed by atoms with van der Waals surface area (Å²) in [6, 6.07) is 3.62. The van der Waals surface area contributed by atoms with E-state index in [9.17, 15) is 4.79 Å². The molecule has 3 rings (SSSR count). The number of hydrogen-bond acceptors (Lipinski definition) is 5. The highest BCUT2D eigenvalue weighted by molar-refractivity contribution is 5.85. The van der Waals surface area contributed by atoms with Gasteiger partial charge in [-0.3, -0.25) is 4.79 Å². The number of carbonyl (C=O) groups is 1. The minimum atomic E-state index is -0.490. The third kappa shape index (κ3) is 4.09. The van der Waals surface area contributed by atoms with E-state index in [1.54, 1.807) is 14.2 Å². The van der Waals surface area contributed by atoms with Crippen molar-refractivity contribution >= 4 is 18.3 Å². The van der Waals surface area contributed by atoms with Crippen LogP contribution in [0.3, 0.4) is 0 Å². The first-order valence-corrected chi connectivity index (χ1v) is 9.65. The van der Waals surface area contributed by atoms with E-state index in [-0.39, 0.29) is 29.3 Å². The van der Waals surface area contributed by atoms with Crippen LogP contribution in [0, 0.1) is 5.41 Å². The Morgan fingerprint density at radius 1 is 1.18 bits per heavy atom. The maximum absolute atomic E-state index is 12.8. The summed E-state index contributed by atoms with van der Waals surface area (Å²) in [5, 5.41) is 0. The van der Waals surface area contributed by atoms with Gasteiger partial charge in [0.05, 0.1) is 32.5 Å². The second-order valence-electron chi connectivity index (χ2n) is 8.63. The van der Waals surface area contributed by atoms with Gasteiger partial charge < -0.3 is 24.8 Å². The summed E-state index contributed by atoms with van der Waals surface area (Å²) < 4.78 is 17.3. The Kier molecular flexibility index (Phi) is 6.90. The molecule has 1 saturated heterocycles. The lowest BCUT2D eigenvalue weighted by molar-refractivity contribution is -0.144. The van der Waals surface area contributed by atoms with Crippen molar-refractivity contribution in [3.63, 3.8) is 0 Å². The molecule has 0 radical (unpaired) electrons. The van der Waals surface area contributed by atoms with E-state index in [0.29, 0.717) is 19.7 Å². The fourth-order valence-electron chi connectivity index (χ4n) is 4.06. The molecule has 0 aliphatic carbocycles. The molecule has 0 saturated carbocycles. The molecular weight excluding hydrogens is 380 g/mol. The predicted octanol–water partition coefficient (Wildman–Crippen LogP) is 2.89. The molecule has 2 N–H and O–H groups in total. The zero-order chi connectivity index (χ0) is 19.8. The first-order chi connectivity index (χ1) is 12.7. The number of carbonyl (C=O) groups excluding carboxylic acids is 1. The van der Waals surface area contributed by atoms with E-state index in [2.05, 4.69) is 6.07 Å². The van der Waals surface area contributed by atoms with Gasteiger partial charge in [-0.15, -0.1) is 12.4 Å².